The summed E-state index contributed by atoms with van der Waals surface area (Å²) in [5, 5.41) is 0. The fourth-order valence-corrected chi connectivity index (χ4v) is 2.07. The molecule has 0 radical (unpaired) electrons. The minimum atomic E-state index is -0.370. The van der Waals surface area contributed by atoms with Crippen molar-refractivity contribution in [1.82, 2.24) is 9.55 Å². The summed E-state index contributed by atoms with van der Waals surface area (Å²) >= 11 is 0. The van der Waals surface area contributed by atoms with E-state index in [1.165, 1.54) is 0 Å². The Hall–Kier alpha value is -2.44. The van der Waals surface area contributed by atoms with Crippen LogP contribution in [0.4, 0.5) is 5.95 Å². The lowest BCUT2D eigenvalue weighted by Crippen LogP contribution is -2.18. The lowest BCUT2D eigenvalue weighted by molar-refractivity contribution is -0.147. The molecule has 0 saturated heterocycles. The molecule has 2 aromatic rings. The van der Waals surface area contributed by atoms with Gasteiger partial charge >= 0.3 is 5.97 Å². The van der Waals surface area contributed by atoms with E-state index >= 15 is 0 Å². The molecule has 0 saturated carbocycles. The number of hydrogen-bond donors (Lipinski definition) is 1. The molecule has 7 nitrogen and oxygen atoms in total. The lowest BCUT2D eigenvalue weighted by atomic mass is 10.2. The molecule has 0 amide bonds. The summed E-state index contributed by atoms with van der Waals surface area (Å²) in [6.07, 6.45) is -0.178. The fourth-order valence-electron chi connectivity index (χ4n) is 2.07. The van der Waals surface area contributed by atoms with Crippen molar-refractivity contribution in [2.45, 2.75) is 26.5 Å². The monoisotopic (exact) mass is 293 g/mol. The van der Waals surface area contributed by atoms with Crippen LogP contribution in [-0.2, 0) is 16.1 Å². The van der Waals surface area contributed by atoms with Crippen molar-refractivity contribution in [1.29, 1.82) is 0 Å². The summed E-state index contributed by atoms with van der Waals surface area (Å²) in [7, 11) is 3.09. The van der Waals surface area contributed by atoms with E-state index in [4.69, 9.17) is 19.9 Å². The van der Waals surface area contributed by atoms with Gasteiger partial charge in [0.15, 0.2) is 11.5 Å². The standard InChI is InChI=1S/C14H19N3O4/c1-8(2)21-13(18)7-17-10-6-12(20-4)11(19-3)5-9(10)16-14(17)15/h5-6,8H,7H2,1-4H3,(H2,15,16). The van der Waals surface area contributed by atoms with E-state index in [-0.39, 0.29) is 24.6 Å². The van der Waals surface area contributed by atoms with Crippen molar-refractivity contribution in [3.63, 3.8) is 0 Å². The van der Waals surface area contributed by atoms with Crippen LogP contribution in [0.3, 0.4) is 0 Å². The third-order valence-corrected chi connectivity index (χ3v) is 2.94. The Labute approximate surface area is 122 Å². The first kappa shape index (κ1) is 15.0. The molecule has 0 bridgehead atoms. The highest BCUT2D eigenvalue weighted by Crippen LogP contribution is 2.32. The van der Waals surface area contributed by atoms with Gasteiger partial charge in [-0.05, 0) is 13.8 Å². The van der Waals surface area contributed by atoms with Crippen LogP contribution in [0.25, 0.3) is 11.0 Å². The molecular weight excluding hydrogens is 274 g/mol. The summed E-state index contributed by atoms with van der Waals surface area (Å²) in [6, 6.07) is 3.45. The molecular formula is C14H19N3O4. The van der Waals surface area contributed by atoms with E-state index < -0.39 is 0 Å². The maximum absolute atomic E-state index is 11.8. The molecule has 2 N–H and O–H groups in total. The number of carbonyl (C=O) groups excluding carboxylic acids is 1. The maximum atomic E-state index is 11.8. The van der Waals surface area contributed by atoms with Crippen molar-refractivity contribution < 1.29 is 19.0 Å². The quantitative estimate of drug-likeness (QED) is 0.842. The van der Waals surface area contributed by atoms with Gasteiger partial charge in [0.1, 0.15) is 6.54 Å². The summed E-state index contributed by atoms with van der Waals surface area (Å²) < 4.78 is 17.2. The van der Waals surface area contributed by atoms with E-state index in [0.717, 1.165) is 0 Å². The number of nitrogens with two attached hydrogens (primary N) is 1. The highest BCUT2D eigenvalue weighted by Gasteiger charge is 2.16. The zero-order chi connectivity index (χ0) is 15.6. The first-order chi connectivity index (χ1) is 9.96. The van der Waals surface area contributed by atoms with Crippen molar-refractivity contribution >= 4 is 23.0 Å². The van der Waals surface area contributed by atoms with E-state index in [0.29, 0.717) is 22.5 Å². The Bertz CT molecular complexity index is 664. The van der Waals surface area contributed by atoms with Gasteiger partial charge in [-0.15, -0.1) is 0 Å². The lowest BCUT2D eigenvalue weighted by Gasteiger charge is -2.11. The normalized spacial score (nSPS) is 10.9. The van der Waals surface area contributed by atoms with Crippen LogP contribution < -0.4 is 15.2 Å². The van der Waals surface area contributed by atoms with Gasteiger partial charge in [0.25, 0.3) is 0 Å². The molecule has 1 heterocycles. The third kappa shape index (κ3) is 3.01. The van der Waals surface area contributed by atoms with Crippen molar-refractivity contribution in [3.8, 4) is 11.5 Å². The molecule has 0 atom stereocenters. The molecule has 2 rings (SSSR count). The van der Waals surface area contributed by atoms with Crippen LogP contribution in [0.15, 0.2) is 12.1 Å². The van der Waals surface area contributed by atoms with Gasteiger partial charge in [0, 0.05) is 12.1 Å². The molecule has 0 aliphatic heterocycles. The van der Waals surface area contributed by atoms with Crippen LogP contribution in [0, 0.1) is 0 Å². The largest absolute Gasteiger partial charge is 0.493 e. The van der Waals surface area contributed by atoms with Crippen LogP contribution in [0.5, 0.6) is 11.5 Å². The number of fused-ring (bicyclic) bond motifs is 1. The molecule has 0 spiro atoms. The number of esters is 1. The first-order valence-electron chi connectivity index (χ1n) is 6.53. The average molecular weight is 293 g/mol. The molecule has 0 aliphatic carbocycles. The minimum Gasteiger partial charge on any atom is -0.493 e. The highest BCUT2D eigenvalue weighted by atomic mass is 16.5. The molecule has 7 heteroatoms. The summed E-state index contributed by atoms with van der Waals surface area (Å²) in [5.74, 6) is 0.967. The number of nitrogen functional groups attached to an aromatic ring is 1. The molecule has 0 aliphatic rings. The molecule has 114 valence electrons. The molecule has 0 unspecified atom stereocenters. The number of rotatable bonds is 5. The Morgan fingerprint density at radius 3 is 2.48 bits per heavy atom. The zero-order valence-corrected chi connectivity index (χ0v) is 12.5. The van der Waals surface area contributed by atoms with Gasteiger partial charge in [-0.2, -0.15) is 0 Å². The minimum absolute atomic E-state index is 0.00397. The second-order valence-electron chi connectivity index (χ2n) is 4.79. The average Bonchev–Trinajstić information content (AvgIpc) is 2.72. The Balaban J connectivity index is 2.44. The molecule has 1 aromatic heterocycles. The number of anilines is 1. The number of nitrogens with zero attached hydrogens (tertiary/aromatic N) is 2. The van der Waals surface area contributed by atoms with Crippen LogP contribution in [-0.4, -0.2) is 35.8 Å². The number of aromatic nitrogens is 2. The SMILES string of the molecule is COc1cc2nc(N)n(CC(=O)OC(C)C)c2cc1OC. The second-order valence-corrected chi connectivity index (χ2v) is 4.79. The fraction of sp³-hybridized carbons (Fsp3) is 0.429. The van der Waals surface area contributed by atoms with Crippen molar-refractivity contribution in [3.05, 3.63) is 12.1 Å². The van der Waals surface area contributed by atoms with Gasteiger partial charge in [0.2, 0.25) is 5.95 Å². The third-order valence-electron chi connectivity index (χ3n) is 2.94. The van der Waals surface area contributed by atoms with Gasteiger partial charge < -0.3 is 19.9 Å². The van der Waals surface area contributed by atoms with Gasteiger partial charge in [-0.25, -0.2) is 4.98 Å². The van der Waals surface area contributed by atoms with Crippen LogP contribution >= 0.6 is 0 Å². The smallest absolute Gasteiger partial charge is 0.326 e. The number of imidazole rings is 1. The topological polar surface area (TPSA) is 88.6 Å². The summed E-state index contributed by atoms with van der Waals surface area (Å²) in [6.45, 7) is 3.58. The predicted molar refractivity (Wildman–Crippen MR) is 78.5 cm³/mol. The van der Waals surface area contributed by atoms with Crippen LogP contribution in [0.1, 0.15) is 13.8 Å². The Morgan fingerprint density at radius 1 is 1.29 bits per heavy atom. The number of hydrogen-bond acceptors (Lipinski definition) is 6. The molecule has 21 heavy (non-hydrogen) atoms. The van der Waals surface area contributed by atoms with E-state index in [9.17, 15) is 4.79 Å². The van der Waals surface area contributed by atoms with Crippen molar-refractivity contribution in [2.24, 2.45) is 0 Å². The maximum Gasteiger partial charge on any atom is 0.326 e. The Kier molecular flexibility index (Phi) is 4.21. The Morgan fingerprint density at radius 2 is 1.90 bits per heavy atom. The van der Waals surface area contributed by atoms with E-state index in [2.05, 4.69) is 4.98 Å². The van der Waals surface area contributed by atoms with Gasteiger partial charge in [-0.3, -0.25) is 9.36 Å². The van der Waals surface area contributed by atoms with E-state index in [1.807, 2.05) is 0 Å². The molecule has 1 aromatic carbocycles. The number of carbonyl (C=O) groups is 1. The predicted octanol–water partition coefficient (Wildman–Crippen LogP) is 1.59. The first-order valence-corrected chi connectivity index (χ1v) is 6.53. The number of methoxy groups -OCH3 is 2. The second kappa shape index (κ2) is 5.90. The summed E-state index contributed by atoms with van der Waals surface area (Å²) in [5.41, 5.74) is 7.19. The van der Waals surface area contributed by atoms with E-state index in [1.54, 1.807) is 44.8 Å². The summed E-state index contributed by atoms with van der Waals surface area (Å²) in [4.78, 5) is 16.0. The van der Waals surface area contributed by atoms with Crippen LogP contribution in [0.2, 0.25) is 0 Å². The van der Waals surface area contributed by atoms with Crippen molar-refractivity contribution in [2.75, 3.05) is 20.0 Å². The zero-order valence-electron chi connectivity index (χ0n) is 12.5. The van der Waals surface area contributed by atoms with Gasteiger partial charge in [0.05, 0.1) is 31.4 Å². The highest BCUT2D eigenvalue weighted by molar-refractivity contribution is 5.84. The molecule has 0 fully saturated rings. The van der Waals surface area contributed by atoms with Gasteiger partial charge in [-0.1, -0.05) is 0 Å². The number of ether oxygens (including phenoxy) is 3. The number of benzene rings is 1.